The van der Waals surface area contributed by atoms with Gasteiger partial charge in [0.1, 0.15) is 0 Å². The summed E-state index contributed by atoms with van der Waals surface area (Å²) < 4.78 is 27.7. The lowest BCUT2D eigenvalue weighted by Gasteiger charge is -2.15. The normalized spacial score (nSPS) is 12.5. The molecule has 2 N–H and O–H groups in total. The van der Waals surface area contributed by atoms with Crippen molar-refractivity contribution in [1.82, 2.24) is 4.72 Å². The number of Topliss-reactive ketones (excluding diaryl/α,β-unsaturated/α-hetero) is 1. The molecule has 0 bridgehead atoms. The fourth-order valence-electron chi connectivity index (χ4n) is 2.76. The molecule has 0 fully saturated rings. The fourth-order valence-corrected chi connectivity index (χ4v) is 3.99. The molecule has 0 saturated carbocycles. The lowest BCUT2D eigenvalue weighted by Crippen LogP contribution is -2.41. The second-order valence-electron chi connectivity index (χ2n) is 6.48. The Kier molecular flexibility index (Phi) is 5.58. The van der Waals surface area contributed by atoms with Crippen LogP contribution in [-0.4, -0.2) is 26.2 Å². The predicted octanol–water partition coefficient (Wildman–Crippen LogP) is 3.35. The first kappa shape index (κ1) is 19.7. The number of hydrogen-bond donors (Lipinski definition) is 2. The van der Waals surface area contributed by atoms with Gasteiger partial charge in [0.15, 0.2) is 5.78 Å². The van der Waals surface area contributed by atoms with Crippen LogP contribution in [0.15, 0.2) is 71.6 Å². The Hall–Kier alpha value is -3.03. The van der Waals surface area contributed by atoms with E-state index in [1.807, 2.05) is 24.3 Å². The van der Waals surface area contributed by atoms with E-state index in [0.717, 1.165) is 10.8 Å². The Labute approximate surface area is 163 Å². The van der Waals surface area contributed by atoms with Gasteiger partial charge in [-0.2, -0.15) is 4.72 Å². The van der Waals surface area contributed by atoms with Gasteiger partial charge < -0.3 is 5.32 Å². The summed E-state index contributed by atoms with van der Waals surface area (Å²) in [5.74, 6) is -0.647. The van der Waals surface area contributed by atoms with Crippen LogP contribution in [0.25, 0.3) is 10.8 Å². The van der Waals surface area contributed by atoms with E-state index >= 15 is 0 Å². The first-order chi connectivity index (χ1) is 13.3. The summed E-state index contributed by atoms with van der Waals surface area (Å²) in [4.78, 5) is 23.9. The average Bonchev–Trinajstić information content (AvgIpc) is 2.67. The molecule has 0 saturated heterocycles. The average molecular weight is 396 g/mol. The highest BCUT2D eigenvalue weighted by atomic mass is 32.2. The Balaban J connectivity index is 1.74. The van der Waals surface area contributed by atoms with Crippen LogP contribution in [0.5, 0.6) is 0 Å². The van der Waals surface area contributed by atoms with E-state index < -0.39 is 22.0 Å². The van der Waals surface area contributed by atoms with Crippen LogP contribution in [0.1, 0.15) is 24.2 Å². The summed E-state index contributed by atoms with van der Waals surface area (Å²) >= 11 is 0. The standard InChI is InChI=1S/C21H20N2O4S/c1-14(21(25)22-19-9-5-8-17(12-19)15(2)24)23-28(26,27)20-11-10-16-6-3-4-7-18(16)13-20/h3-14,23H,1-2H3,(H,22,25)/t14-/m1/s1. The third-order valence-electron chi connectivity index (χ3n) is 4.29. The van der Waals surface area contributed by atoms with E-state index in [9.17, 15) is 18.0 Å². The highest BCUT2D eigenvalue weighted by Gasteiger charge is 2.22. The fraction of sp³-hybridized carbons (Fsp3) is 0.143. The second-order valence-corrected chi connectivity index (χ2v) is 8.19. The number of ketones is 1. The zero-order valence-corrected chi connectivity index (χ0v) is 16.3. The molecule has 0 heterocycles. The maximum atomic E-state index is 12.7. The molecular formula is C21H20N2O4S. The van der Waals surface area contributed by atoms with Crippen LogP contribution >= 0.6 is 0 Å². The SMILES string of the molecule is CC(=O)c1cccc(NC(=O)[C@@H](C)NS(=O)(=O)c2ccc3ccccc3c2)c1. The highest BCUT2D eigenvalue weighted by molar-refractivity contribution is 7.89. The van der Waals surface area contributed by atoms with Crippen LogP contribution in [0.4, 0.5) is 5.69 Å². The quantitative estimate of drug-likeness (QED) is 0.625. The largest absolute Gasteiger partial charge is 0.325 e. The molecule has 0 unspecified atom stereocenters. The summed E-state index contributed by atoms with van der Waals surface area (Å²) in [6, 6.07) is 17.7. The van der Waals surface area contributed by atoms with E-state index in [-0.39, 0.29) is 10.7 Å². The molecule has 3 aromatic rings. The molecular weight excluding hydrogens is 376 g/mol. The summed E-state index contributed by atoms with van der Waals surface area (Å²) in [6.07, 6.45) is 0. The maximum Gasteiger partial charge on any atom is 0.242 e. The number of rotatable bonds is 6. The number of benzene rings is 3. The Morgan fingerprint density at radius 3 is 2.32 bits per heavy atom. The van der Waals surface area contributed by atoms with Gasteiger partial charge in [0.2, 0.25) is 15.9 Å². The molecule has 28 heavy (non-hydrogen) atoms. The zero-order chi connectivity index (χ0) is 20.3. The predicted molar refractivity (Wildman–Crippen MR) is 109 cm³/mol. The van der Waals surface area contributed by atoms with Gasteiger partial charge in [0.05, 0.1) is 10.9 Å². The van der Waals surface area contributed by atoms with Crippen LogP contribution < -0.4 is 10.0 Å². The van der Waals surface area contributed by atoms with Crippen molar-refractivity contribution < 1.29 is 18.0 Å². The Morgan fingerprint density at radius 2 is 1.61 bits per heavy atom. The van der Waals surface area contributed by atoms with Crippen LogP contribution in [0, 0.1) is 0 Å². The minimum absolute atomic E-state index is 0.0874. The van der Waals surface area contributed by atoms with Crippen molar-refractivity contribution in [1.29, 1.82) is 0 Å². The zero-order valence-electron chi connectivity index (χ0n) is 15.5. The molecule has 0 spiro atoms. The molecule has 0 aliphatic carbocycles. The highest BCUT2D eigenvalue weighted by Crippen LogP contribution is 2.19. The van der Waals surface area contributed by atoms with Crippen LogP contribution in [0.2, 0.25) is 0 Å². The van der Waals surface area contributed by atoms with Crippen molar-refractivity contribution in [2.45, 2.75) is 24.8 Å². The van der Waals surface area contributed by atoms with E-state index in [4.69, 9.17) is 0 Å². The van der Waals surface area contributed by atoms with E-state index in [1.54, 1.807) is 36.4 Å². The first-order valence-corrected chi connectivity index (χ1v) is 10.2. The van der Waals surface area contributed by atoms with Gasteiger partial charge in [0, 0.05) is 11.3 Å². The van der Waals surface area contributed by atoms with Crippen molar-refractivity contribution in [2.75, 3.05) is 5.32 Å². The van der Waals surface area contributed by atoms with Gasteiger partial charge in [0.25, 0.3) is 0 Å². The molecule has 0 aliphatic rings. The molecule has 1 amide bonds. The molecule has 144 valence electrons. The number of hydrogen-bond acceptors (Lipinski definition) is 4. The van der Waals surface area contributed by atoms with E-state index in [0.29, 0.717) is 11.3 Å². The number of amides is 1. The summed E-state index contributed by atoms with van der Waals surface area (Å²) in [7, 11) is -3.87. The monoisotopic (exact) mass is 396 g/mol. The minimum Gasteiger partial charge on any atom is -0.325 e. The number of nitrogens with one attached hydrogen (secondary N) is 2. The Morgan fingerprint density at radius 1 is 0.893 bits per heavy atom. The van der Waals surface area contributed by atoms with Gasteiger partial charge >= 0.3 is 0 Å². The molecule has 0 aliphatic heterocycles. The second kappa shape index (κ2) is 7.92. The summed E-state index contributed by atoms with van der Waals surface area (Å²) in [5.41, 5.74) is 0.886. The van der Waals surface area contributed by atoms with Gasteiger partial charge in [-0.05, 0) is 48.9 Å². The molecule has 3 rings (SSSR count). The topological polar surface area (TPSA) is 92.3 Å². The molecule has 7 heteroatoms. The number of carbonyl (C=O) groups excluding carboxylic acids is 2. The first-order valence-electron chi connectivity index (χ1n) is 8.69. The molecule has 3 aromatic carbocycles. The molecule has 1 atom stereocenters. The van der Waals surface area contributed by atoms with Gasteiger partial charge in [-0.1, -0.05) is 42.5 Å². The number of anilines is 1. The molecule has 6 nitrogen and oxygen atoms in total. The molecule has 0 radical (unpaired) electrons. The van der Waals surface area contributed by atoms with Crippen LogP contribution in [-0.2, 0) is 14.8 Å². The third kappa shape index (κ3) is 4.44. The number of fused-ring (bicyclic) bond motifs is 1. The van der Waals surface area contributed by atoms with Crippen molar-refractivity contribution in [3.8, 4) is 0 Å². The third-order valence-corrected chi connectivity index (χ3v) is 5.83. The molecule has 0 aromatic heterocycles. The van der Waals surface area contributed by atoms with Crippen molar-refractivity contribution in [2.24, 2.45) is 0 Å². The summed E-state index contributed by atoms with van der Waals surface area (Å²) in [6.45, 7) is 2.89. The van der Waals surface area contributed by atoms with Gasteiger partial charge in [-0.25, -0.2) is 8.42 Å². The lowest BCUT2D eigenvalue weighted by atomic mass is 10.1. The minimum atomic E-state index is -3.87. The summed E-state index contributed by atoms with van der Waals surface area (Å²) in [5, 5.41) is 4.35. The van der Waals surface area contributed by atoms with Crippen LogP contribution in [0.3, 0.4) is 0 Å². The smallest absolute Gasteiger partial charge is 0.242 e. The van der Waals surface area contributed by atoms with Crippen molar-refractivity contribution in [3.63, 3.8) is 0 Å². The Bertz CT molecular complexity index is 1160. The lowest BCUT2D eigenvalue weighted by molar-refractivity contribution is -0.117. The van der Waals surface area contributed by atoms with E-state index in [2.05, 4.69) is 10.0 Å². The maximum absolute atomic E-state index is 12.7. The number of carbonyl (C=O) groups is 2. The number of sulfonamides is 1. The van der Waals surface area contributed by atoms with Crippen molar-refractivity contribution in [3.05, 3.63) is 72.3 Å². The van der Waals surface area contributed by atoms with E-state index in [1.165, 1.54) is 19.9 Å². The van der Waals surface area contributed by atoms with Crippen molar-refractivity contribution >= 4 is 38.2 Å². The van der Waals surface area contributed by atoms with Gasteiger partial charge in [-0.15, -0.1) is 0 Å². The van der Waals surface area contributed by atoms with Gasteiger partial charge in [-0.3, -0.25) is 9.59 Å².